The molecule has 1 amide bonds. The van der Waals surface area contributed by atoms with Crippen molar-refractivity contribution in [1.29, 1.82) is 0 Å². The molecule has 0 aromatic heterocycles. The normalized spacial score (nSPS) is 15.7. The van der Waals surface area contributed by atoms with Crippen LogP contribution in [0.15, 0.2) is 22.7 Å². The number of rotatable bonds is 0. The second-order valence-electron chi connectivity index (χ2n) is 4.52. The molecule has 5 heteroatoms. The Morgan fingerprint density at radius 1 is 1.42 bits per heavy atom. The Balaban J connectivity index is 2.04. The number of hydrogen-bond acceptors (Lipinski definition) is 2. The van der Waals surface area contributed by atoms with Gasteiger partial charge in [0, 0.05) is 29.2 Å². The van der Waals surface area contributed by atoms with Gasteiger partial charge in [0.15, 0.2) is 0 Å². The average Bonchev–Trinajstić information content (AvgIpc) is 2.38. The Kier molecular flexibility index (Phi) is 4.33. The van der Waals surface area contributed by atoms with Crippen LogP contribution in [0.2, 0.25) is 0 Å². The molecule has 1 heterocycles. The van der Waals surface area contributed by atoms with Crippen molar-refractivity contribution in [2.75, 3.05) is 18.8 Å². The predicted molar refractivity (Wildman–Crippen MR) is 77.8 cm³/mol. The Bertz CT molecular complexity index is 520. The van der Waals surface area contributed by atoms with E-state index in [4.69, 9.17) is 10.8 Å². The van der Waals surface area contributed by atoms with Gasteiger partial charge in [-0.15, -0.1) is 0 Å². The number of anilines is 1. The minimum absolute atomic E-state index is 0.238. The number of amides is 1. The van der Waals surface area contributed by atoms with E-state index >= 15 is 0 Å². The summed E-state index contributed by atoms with van der Waals surface area (Å²) in [5.41, 5.74) is 7.35. The van der Waals surface area contributed by atoms with Crippen LogP contribution >= 0.6 is 15.9 Å². The van der Waals surface area contributed by atoms with Crippen LogP contribution in [0.3, 0.4) is 0 Å². The summed E-state index contributed by atoms with van der Waals surface area (Å²) in [6.45, 7) is 1.11. The summed E-state index contributed by atoms with van der Waals surface area (Å²) in [6.07, 6.45) is 0.717. The van der Waals surface area contributed by atoms with Gasteiger partial charge in [-0.1, -0.05) is 17.9 Å². The van der Waals surface area contributed by atoms with E-state index in [-0.39, 0.29) is 5.92 Å². The minimum Gasteiger partial charge on any atom is -0.465 e. The zero-order chi connectivity index (χ0) is 13.8. The fourth-order valence-corrected chi connectivity index (χ4v) is 2.54. The van der Waals surface area contributed by atoms with Crippen LogP contribution in [0.25, 0.3) is 0 Å². The van der Waals surface area contributed by atoms with Crippen molar-refractivity contribution in [2.45, 2.75) is 12.8 Å². The largest absolute Gasteiger partial charge is 0.465 e. The number of halogens is 1. The summed E-state index contributed by atoms with van der Waals surface area (Å²) in [7, 11) is 0. The van der Waals surface area contributed by atoms with Gasteiger partial charge in [0.1, 0.15) is 0 Å². The first-order valence-electron chi connectivity index (χ1n) is 6.11. The molecule has 1 aromatic carbocycles. The highest BCUT2D eigenvalue weighted by Crippen LogP contribution is 2.22. The first kappa shape index (κ1) is 13.8. The van der Waals surface area contributed by atoms with Crippen LogP contribution in [0.5, 0.6) is 0 Å². The molecule has 0 aliphatic carbocycles. The molecule has 0 bridgehead atoms. The van der Waals surface area contributed by atoms with Gasteiger partial charge in [-0.3, -0.25) is 0 Å². The molecule has 0 atom stereocenters. The van der Waals surface area contributed by atoms with Crippen molar-refractivity contribution in [3.63, 3.8) is 0 Å². The third-order valence-electron chi connectivity index (χ3n) is 3.21. The van der Waals surface area contributed by atoms with E-state index in [0.717, 1.165) is 22.9 Å². The number of carboxylic acid groups (broad SMARTS) is 1. The second kappa shape index (κ2) is 5.98. The van der Waals surface area contributed by atoms with Crippen LogP contribution in [0.4, 0.5) is 10.5 Å². The lowest BCUT2D eigenvalue weighted by Crippen LogP contribution is -2.37. The highest BCUT2D eigenvalue weighted by Gasteiger charge is 2.20. The predicted octanol–water partition coefficient (Wildman–Crippen LogP) is 2.77. The number of likely N-dealkylation sites (tertiary alicyclic amines) is 1. The first-order valence-corrected chi connectivity index (χ1v) is 6.90. The number of carbonyl (C=O) groups is 1. The average molecular weight is 323 g/mol. The summed E-state index contributed by atoms with van der Waals surface area (Å²) in [5, 5.41) is 8.87. The molecular weight excluding hydrogens is 308 g/mol. The third kappa shape index (κ3) is 3.42. The number of hydrogen-bond donors (Lipinski definition) is 2. The lowest BCUT2D eigenvalue weighted by Gasteiger charge is -2.27. The Morgan fingerprint density at radius 2 is 2.11 bits per heavy atom. The standard InChI is InChI=1S/C14H15BrN2O2/c15-12-2-1-3-13(16)11(12)5-4-10-6-8-17(9-7-10)14(18)19/h1-3,10H,6-9,16H2,(H,18,19). The van der Waals surface area contributed by atoms with Crippen molar-refractivity contribution in [2.24, 2.45) is 5.92 Å². The van der Waals surface area contributed by atoms with Gasteiger partial charge in [-0.25, -0.2) is 4.79 Å². The SMILES string of the molecule is Nc1cccc(Br)c1C#CC1CCN(C(=O)O)CC1. The fraction of sp³-hybridized carbons (Fsp3) is 0.357. The van der Waals surface area contributed by atoms with Crippen LogP contribution in [-0.4, -0.2) is 29.2 Å². The minimum atomic E-state index is -0.846. The van der Waals surface area contributed by atoms with E-state index in [1.54, 1.807) is 0 Å². The molecule has 4 nitrogen and oxygen atoms in total. The molecule has 100 valence electrons. The number of nitrogen functional groups attached to an aromatic ring is 1. The quantitative estimate of drug-likeness (QED) is 0.570. The maximum atomic E-state index is 10.8. The number of nitrogens with zero attached hydrogens (tertiary/aromatic N) is 1. The van der Waals surface area contributed by atoms with Gasteiger partial charge >= 0.3 is 6.09 Å². The molecule has 1 aliphatic heterocycles. The van der Waals surface area contributed by atoms with E-state index in [1.807, 2.05) is 18.2 Å². The number of nitrogens with two attached hydrogens (primary N) is 1. The van der Waals surface area contributed by atoms with Crippen LogP contribution in [0.1, 0.15) is 18.4 Å². The van der Waals surface area contributed by atoms with Crippen molar-refractivity contribution in [1.82, 2.24) is 4.90 Å². The molecule has 3 N–H and O–H groups in total. The number of benzene rings is 1. The highest BCUT2D eigenvalue weighted by atomic mass is 79.9. The number of piperidine rings is 1. The molecule has 0 saturated carbocycles. The summed E-state index contributed by atoms with van der Waals surface area (Å²) in [5.74, 6) is 6.54. The molecule has 1 aromatic rings. The molecular formula is C14H15BrN2O2. The lowest BCUT2D eigenvalue weighted by atomic mass is 9.97. The zero-order valence-corrected chi connectivity index (χ0v) is 12.0. The fourth-order valence-electron chi connectivity index (χ4n) is 2.06. The molecule has 2 rings (SSSR count). The van der Waals surface area contributed by atoms with E-state index in [2.05, 4.69) is 27.8 Å². The van der Waals surface area contributed by atoms with Crippen LogP contribution < -0.4 is 5.73 Å². The monoisotopic (exact) mass is 322 g/mol. The molecule has 1 saturated heterocycles. The summed E-state index contributed by atoms with van der Waals surface area (Å²) < 4.78 is 0.892. The van der Waals surface area contributed by atoms with Gasteiger partial charge < -0.3 is 15.7 Å². The summed E-state index contributed by atoms with van der Waals surface area (Å²) in [4.78, 5) is 12.2. The van der Waals surface area contributed by atoms with Crippen LogP contribution in [0, 0.1) is 17.8 Å². The molecule has 0 unspecified atom stereocenters. The summed E-state index contributed by atoms with van der Waals surface area (Å²) >= 11 is 3.43. The van der Waals surface area contributed by atoms with Crippen molar-refractivity contribution >= 4 is 27.7 Å². The molecule has 1 fully saturated rings. The van der Waals surface area contributed by atoms with Crippen molar-refractivity contribution in [3.8, 4) is 11.8 Å². The van der Waals surface area contributed by atoms with Crippen molar-refractivity contribution in [3.05, 3.63) is 28.2 Å². The molecule has 19 heavy (non-hydrogen) atoms. The molecule has 0 radical (unpaired) electrons. The van der Waals surface area contributed by atoms with Gasteiger partial charge in [0.25, 0.3) is 0 Å². The Labute approximate surface area is 120 Å². The third-order valence-corrected chi connectivity index (χ3v) is 3.87. The van der Waals surface area contributed by atoms with E-state index in [1.165, 1.54) is 4.90 Å². The van der Waals surface area contributed by atoms with Gasteiger partial charge in [0.2, 0.25) is 0 Å². The van der Waals surface area contributed by atoms with E-state index in [9.17, 15) is 4.79 Å². The molecule has 0 spiro atoms. The topological polar surface area (TPSA) is 66.6 Å². The maximum Gasteiger partial charge on any atom is 0.407 e. The molecule has 1 aliphatic rings. The summed E-state index contributed by atoms with van der Waals surface area (Å²) in [6, 6.07) is 5.60. The smallest absolute Gasteiger partial charge is 0.407 e. The Morgan fingerprint density at radius 3 is 2.68 bits per heavy atom. The van der Waals surface area contributed by atoms with E-state index in [0.29, 0.717) is 18.8 Å². The lowest BCUT2D eigenvalue weighted by molar-refractivity contribution is 0.130. The maximum absolute atomic E-state index is 10.8. The van der Waals surface area contributed by atoms with E-state index < -0.39 is 6.09 Å². The second-order valence-corrected chi connectivity index (χ2v) is 5.37. The first-order chi connectivity index (χ1) is 9.08. The van der Waals surface area contributed by atoms with Gasteiger partial charge in [-0.05, 0) is 40.9 Å². The zero-order valence-electron chi connectivity index (χ0n) is 10.4. The van der Waals surface area contributed by atoms with Gasteiger partial charge in [0.05, 0.1) is 5.56 Å². The van der Waals surface area contributed by atoms with Gasteiger partial charge in [-0.2, -0.15) is 0 Å². The van der Waals surface area contributed by atoms with Crippen LogP contribution in [-0.2, 0) is 0 Å². The van der Waals surface area contributed by atoms with Crippen molar-refractivity contribution < 1.29 is 9.90 Å². The Hall–Kier alpha value is -1.67. The highest BCUT2D eigenvalue weighted by molar-refractivity contribution is 9.10.